The van der Waals surface area contributed by atoms with Crippen molar-refractivity contribution in [2.75, 3.05) is 20.3 Å². The Morgan fingerprint density at radius 3 is 2.57 bits per heavy atom. The molecule has 1 fully saturated rings. The van der Waals surface area contributed by atoms with Gasteiger partial charge in [-0.05, 0) is 52.9 Å². The van der Waals surface area contributed by atoms with E-state index < -0.39 is 6.04 Å². The van der Waals surface area contributed by atoms with Gasteiger partial charge in [-0.15, -0.1) is 0 Å². The van der Waals surface area contributed by atoms with Crippen LogP contribution in [0.25, 0.3) is 0 Å². The SMILES string of the molecule is COCCN(C(=O)Cc1ccsc1)[C@H](C(=O)NC1CCCCC1)c1ccc(F)cc1. The Bertz CT molecular complexity index is 804. The van der Waals surface area contributed by atoms with Gasteiger partial charge in [0.2, 0.25) is 11.8 Å². The highest BCUT2D eigenvalue weighted by Gasteiger charge is 2.32. The summed E-state index contributed by atoms with van der Waals surface area (Å²) in [7, 11) is 1.57. The number of hydrogen-bond acceptors (Lipinski definition) is 4. The third kappa shape index (κ3) is 6.12. The first-order valence-electron chi connectivity index (χ1n) is 10.4. The van der Waals surface area contributed by atoms with Crippen molar-refractivity contribution < 1.29 is 18.7 Å². The van der Waals surface area contributed by atoms with E-state index in [0.717, 1.165) is 31.2 Å². The highest BCUT2D eigenvalue weighted by Crippen LogP contribution is 2.25. The zero-order valence-corrected chi connectivity index (χ0v) is 18.1. The molecule has 162 valence electrons. The van der Waals surface area contributed by atoms with Gasteiger partial charge in [-0.2, -0.15) is 11.3 Å². The van der Waals surface area contributed by atoms with Crippen molar-refractivity contribution in [3.8, 4) is 0 Å². The molecule has 2 aromatic rings. The fourth-order valence-electron chi connectivity index (χ4n) is 3.90. The summed E-state index contributed by atoms with van der Waals surface area (Å²) >= 11 is 1.53. The highest BCUT2D eigenvalue weighted by molar-refractivity contribution is 7.08. The number of ether oxygens (including phenoxy) is 1. The summed E-state index contributed by atoms with van der Waals surface area (Å²) in [5, 5.41) is 7.00. The van der Waals surface area contributed by atoms with Crippen molar-refractivity contribution in [1.82, 2.24) is 10.2 Å². The molecule has 2 amide bonds. The van der Waals surface area contributed by atoms with Crippen LogP contribution in [0, 0.1) is 5.82 Å². The van der Waals surface area contributed by atoms with E-state index in [-0.39, 0.29) is 36.6 Å². The molecule has 1 aliphatic rings. The Hall–Kier alpha value is -2.25. The van der Waals surface area contributed by atoms with Crippen LogP contribution in [0.15, 0.2) is 41.1 Å². The van der Waals surface area contributed by atoms with Crippen LogP contribution in [-0.2, 0) is 20.7 Å². The summed E-state index contributed by atoms with van der Waals surface area (Å²) < 4.78 is 18.7. The van der Waals surface area contributed by atoms with E-state index in [1.165, 1.54) is 29.9 Å². The minimum absolute atomic E-state index is 0.116. The molecule has 1 saturated carbocycles. The van der Waals surface area contributed by atoms with E-state index >= 15 is 0 Å². The number of methoxy groups -OCH3 is 1. The smallest absolute Gasteiger partial charge is 0.247 e. The predicted molar refractivity (Wildman–Crippen MR) is 116 cm³/mol. The standard InChI is InChI=1S/C23H29FN2O3S/c1-29-13-12-26(21(27)15-17-11-14-30-16-17)22(18-7-9-19(24)10-8-18)23(28)25-20-5-3-2-4-6-20/h7-11,14,16,20,22H,2-6,12-13,15H2,1H3,(H,25,28)/t22-/m0/s1. The summed E-state index contributed by atoms with van der Waals surface area (Å²) in [4.78, 5) is 28.1. The zero-order chi connectivity index (χ0) is 21.3. The second kappa shape index (κ2) is 11.2. The predicted octanol–water partition coefficient (Wildman–Crippen LogP) is 4.09. The Kier molecular flexibility index (Phi) is 8.39. The molecule has 7 heteroatoms. The molecule has 5 nitrogen and oxygen atoms in total. The van der Waals surface area contributed by atoms with Crippen molar-refractivity contribution in [1.29, 1.82) is 0 Å². The van der Waals surface area contributed by atoms with Gasteiger partial charge >= 0.3 is 0 Å². The second-order valence-electron chi connectivity index (χ2n) is 7.69. The molecule has 1 aromatic carbocycles. The average molecular weight is 433 g/mol. The van der Waals surface area contributed by atoms with Crippen LogP contribution >= 0.6 is 11.3 Å². The maximum absolute atomic E-state index is 13.5. The van der Waals surface area contributed by atoms with Crippen LogP contribution in [0.5, 0.6) is 0 Å². The van der Waals surface area contributed by atoms with Crippen molar-refractivity contribution in [2.24, 2.45) is 0 Å². The van der Waals surface area contributed by atoms with Crippen LogP contribution in [-0.4, -0.2) is 43.0 Å². The lowest BCUT2D eigenvalue weighted by Gasteiger charge is -2.33. The molecule has 0 spiro atoms. The van der Waals surface area contributed by atoms with Gasteiger partial charge < -0.3 is 15.0 Å². The third-order valence-electron chi connectivity index (χ3n) is 5.49. The molecule has 0 radical (unpaired) electrons. The number of nitrogens with one attached hydrogen (secondary N) is 1. The van der Waals surface area contributed by atoms with Gasteiger partial charge in [0.05, 0.1) is 13.0 Å². The monoisotopic (exact) mass is 432 g/mol. The number of rotatable bonds is 9. The first kappa shape index (κ1) is 22.4. The maximum Gasteiger partial charge on any atom is 0.247 e. The molecule has 1 aliphatic carbocycles. The molecule has 3 rings (SSSR count). The number of benzene rings is 1. The molecule has 0 aliphatic heterocycles. The maximum atomic E-state index is 13.5. The van der Waals surface area contributed by atoms with Gasteiger partial charge in [-0.25, -0.2) is 4.39 Å². The van der Waals surface area contributed by atoms with Crippen LogP contribution < -0.4 is 5.32 Å². The fourth-order valence-corrected chi connectivity index (χ4v) is 4.57. The largest absolute Gasteiger partial charge is 0.383 e. The Morgan fingerprint density at radius 2 is 1.93 bits per heavy atom. The van der Waals surface area contributed by atoms with Crippen molar-refractivity contribution in [3.63, 3.8) is 0 Å². The third-order valence-corrected chi connectivity index (χ3v) is 6.22. The fraction of sp³-hybridized carbons (Fsp3) is 0.478. The number of amides is 2. The van der Waals surface area contributed by atoms with Crippen LogP contribution in [0.2, 0.25) is 0 Å². The molecule has 0 bridgehead atoms. The van der Waals surface area contributed by atoms with Crippen LogP contribution in [0.1, 0.15) is 49.3 Å². The lowest BCUT2D eigenvalue weighted by Crippen LogP contribution is -2.48. The summed E-state index contributed by atoms with van der Waals surface area (Å²) in [5.74, 6) is -0.750. The molecular formula is C23H29FN2O3S. The lowest BCUT2D eigenvalue weighted by molar-refractivity contribution is -0.141. The normalized spacial score (nSPS) is 15.5. The van der Waals surface area contributed by atoms with Crippen LogP contribution in [0.4, 0.5) is 4.39 Å². The molecule has 0 unspecified atom stereocenters. The number of nitrogens with zero attached hydrogens (tertiary/aromatic N) is 1. The van der Waals surface area contributed by atoms with Gasteiger partial charge in [0.1, 0.15) is 11.9 Å². The van der Waals surface area contributed by atoms with E-state index in [9.17, 15) is 14.0 Å². The van der Waals surface area contributed by atoms with E-state index in [0.29, 0.717) is 12.2 Å². The first-order valence-corrected chi connectivity index (χ1v) is 11.4. The average Bonchev–Trinajstić information content (AvgIpc) is 3.25. The van der Waals surface area contributed by atoms with E-state index in [2.05, 4.69) is 5.32 Å². The summed E-state index contributed by atoms with van der Waals surface area (Å²) in [6.45, 7) is 0.587. The van der Waals surface area contributed by atoms with Crippen molar-refractivity contribution in [2.45, 2.75) is 50.6 Å². The van der Waals surface area contributed by atoms with Gasteiger partial charge in [0.25, 0.3) is 0 Å². The van der Waals surface area contributed by atoms with Crippen LogP contribution in [0.3, 0.4) is 0 Å². The van der Waals surface area contributed by atoms with E-state index in [4.69, 9.17) is 4.74 Å². The quantitative estimate of drug-likeness (QED) is 0.649. The number of thiophene rings is 1. The minimum atomic E-state index is -0.825. The Balaban J connectivity index is 1.87. The van der Waals surface area contributed by atoms with Gasteiger partial charge in [-0.1, -0.05) is 31.4 Å². The zero-order valence-electron chi connectivity index (χ0n) is 17.3. The van der Waals surface area contributed by atoms with Gasteiger partial charge in [-0.3, -0.25) is 9.59 Å². The Morgan fingerprint density at radius 1 is 1.20 bits per heavy atom. The molecule has 1 N–H and O–H groups in total. The second-order valence-corrected chi connectivity index (χ2v) is 8.47. The van der Waals surface area contributed by atoms with Crippen molar-refractivity contribution in [3.05, 3.63) is 58.0 Å². The van der Waals surface area contributed by atoms with Gasteiger partial charge in [0.15, 0.2) is 0 Å². The number of carbonyl (C=O) groups is 2. The summed E-state index contributed by atoms with van der Waals surface area (Å²) in [6.07, 6.45) is 5.48. The number of halogens is 1. The Labute approximate surface area is 181 Å². The summed E-state index contributed by atoms with van der Waals surface area (Å²) in [6, 6.07) is 7.02. The van der Waals surface area contributed by atoms with E-state index in [1.807, 2.05) is 16.8 Å². The molecule has 1 heterocycles. The van der Waals surface area contributed by atoms with Crippen molar-refractivity contribution >= 4 is 23.2 Å². The molecule has 0 saturated heterocycles. The number of hydrogen-bond donors (Lipinski definition) is 1. The highest BCUT2D eigenvalue weighted by atomic mass is 32.1. The van der Waals surface area contributed by atoms with Gasteiger partial charge in [0, 0.05) is 19.7 Å². The molecule has 1 aromatic heterocycles. The molecule has 1 atom stereocenters. The molecule has 30 heavy (non-hydrogen) atoms. The summed E-state index contributed by atoms with van der Waals surface area (Å²) in [5.41, 5.74) is 1.51. The number of carbonyl (C=O) groups excluding carboxylic acids is 2. The minimum Gasteiger partial charge on any atom is -0.383 e. The lowest BCUT2D eigenvalue weighted by atomic mass is 9.94. The first-order chi connectivity index (χ1) is 14.6. The molecular weight excluding hydrogens is 403 g/mol. The topological polar surface area (TPSA) is 58.6 Å². The van der Waals surface area contributed by atoms with E-state index in [1.54, 1.807) is 24.1 Å².